The van der Waals surface area contributed by atoms with Gasteiger partial charge in [0.2, 0.25) is 0 Å². The lowest BCUT2D eigenvalue weighted by Crippen LogP contribution is -2.37. The average molecular weight is 310 g/mol. The highest BCUT2D eigenvalue weighted by Gasteiger charge is 2.32. The maximum atomic E-state index is 12.2. The van der Waals surface area contributed by atoms with Crippen molar-refractivity contribution in [1.82, 2.24) is 5.32 Å². The molecular formula is C15H20BrNO. The third kappa shape index (κ3) is 2.94. The number of benzene rings is 1. The number of amides is 1. The van der Waals surface area contributed by atoms with Gasteiger partial charge < -0.3 is 5.32 Å². The Hall–Kier alpha value is -0.830. The Balaban J connectivity index is 2.00. The van der Waals surface area contributed by atoms with Gasteiger partial charge in [-0.3, -0.25) is 4.79 Å². The van der Waals surface area contributed by atoms with Crippen molar-refractivity contribution in [3.8, 4) is 0 Å². The zero-order valence-corrected chi connectivity index (χ0v) is 12.5. The summed E-state index contributed by atoms with van der Waals surface area (Å²) in [5, 5.41) is 3.18. The maximum Gasteiger partial charge on any atom is 0.251 e. The van der Waals surface area contributed by atoms with Gasteiger partial charge in [-0.05, 0) is 42.9 Å². The molecule has 1 aliphatic rings. The predicted octanol–water partition coefficient (Wildman–Crippen LogP) is 4.00. The molecule has 98 valence electrons. The van der Waals surface area contributed by atoms with Gasteiger partial charge >= 0.3 is 0 Å². The summed E-state index contributed by atoms with van der Waals surface area (Å²) >= 11 is 3.40. The molecule has 1 aliphatic carbocycles. The van der Waals surface area contributed by atoms with Gasteiger partial charge in [-0.2, -0.15) is 0 Å². The van der Waals surface area contributed by atoms with Crippen LogP contribution in [0, 0.1) is 11.8 Å². The number of hydrogen-bond donors (Lipinski definition) is 1. The van der Waals surface area contributed by atoms with Gasteiger partial charge in [-0.15, -0.1) is 0 Å². The number of carbonyl (C=O) groups excluding carboxylic acids is 1. The van der Waals surface area contributed by atoms with E-state index in [1.165, 1.54) is 12.8 Å². The van der Waals surface area contributed by atoms with Crippen molar-refractivity contribution in [2.45, 2.75) is 39.2 Å². The molecule has 1 amide bonds. The number of carbonyl (C=O) groups is 1. The fourth-order valence-electron chi connectivity index (χ4n) is 2.91. The van der Waals surface area contributed by atoms with E-state index in [0.717, 1.165) is 22.4 Å². The largest absolute Gasteiger partial charge is 0.349 e. The second-order valence-electron chi connectivity index (χ2n) is 5.20. The van der Waals surface area contributed by atoms with E-state index in [4.69, 9.17) is 0 Å². The summed E-state index contributed by atoms with van der Waals surface area (Å²) in [6.07, 6.45) is 3.56. The Kier molecular flexibility index (Phi) is 4.44. The van der Waals surface area contributed by atoms with Crippen molar-refractivity contribution >= 4 is 21.8 Å². The van der Waals surface area contributed by atoms with Crippen LogP contribution in [0.1, 0.15) is 43.5 Å². The van der Waals surface area contributed by atoms with Crippen molar-refractivity contribution in [3.63, 3.8) is 0 Å². The number of nitrogens with one attached hydrogen (secondary N) is 1. The zero-order chi connectivity index (χ0) is 13.1. The van der Waals surface area contributed by atoms with Gasteiger partial charge in [-0.1, -0.05) is 42.3 Å². The van der Waals surface area contributed by atoms with Crippen LogP contribution in [0.3, 0.4) is 0 Å². The van der Waals surface area contributed by atoms with Crippen LogP contribution in [0.4, 0.5) is 0 Å². The zero-order valence-electron chi connectivity index (χ0n) is 10.9. The summed E-state index contributed by atoms with van der Waals surface area (Å²) in [6.45, 7) is 4.49. The first-order valence-electron chi connectivity index (χ1n) is 6.68. The predicted molar refractivity (Wildman–Crippen MR) is 77.6 cm³/mol. The minimum absolute atomic E-state index is 0.0462. The third-order valence-electron chi connectivity index (χ3n) is 4.15. The van der Waals surface area contributed by atoms with Crippen LogP contribution >= 0.6 is 15.9 Å². The molecule has 1 saturated carbocycles. The van der Waals surface area contributed by atoms with Crippen LogP contribution in [0.5, 0.6) is 0 Å². The van der Waals surface area contributed by atoms with E-state index in [1.807, 2.05) is 24.3 Å². The van der Waals surface area contributed by atoms with Gasteiger partial charge in [0, 0.05) is 16.1 Å². The molecule has 1 aromatic carbocycles. The minimum atomic E-state index is 0.0462. The number of hydrogen-bond acceptors (Lipinski definition) is 1. The van der Waals surface area contributed by atoms with Crippen LogP contribution in [0.2, 0.25) is 0 Å². The number of halogens is 1. The van der Waals surface area contributed by atoms with Crippen LogP contribution in [-0.2, 0) is 0 Å². The van der Waals surface area contributed by atoms with Crippen molar-refractivity contribution in [2.75, 3.05) is 0 Å². The fraction of sp³-hybridized carbons (Fsp3) is 0.533. The SMILES string of the molecule is CCC1CCC(NC(=O)c2cccc(Br)c2)C1C. The first kappa shape index (κ1) is 13.6. The summed E-state index contributed by atoms with van der Waals surface area (Å²) in [4.78, 5) is 12.2. The van der Waals surface area contributed by atoms with E-state index in [0.29, 0.717) is 12.0 Å². The van der Waals surface area contributed by atoms with E-state index in [9.17, 15) is 4.79 Å². The normalized spacial score (nSPS) is 27.2. The molecule has 1 aromatic rings. The maximum absolute atomic E-state index is 12.2. The van der Waals surface area contributed by atoms with Crippen LogP contribution in [-0.4, -0.2) is 11.9 Å². The summed E-state index contributed by atoms with van der Waals surface area (Å²) in [5.41, 5.74) is 0.733. The molecule has 0 aromatic heterocycles. The third-order valence-corrected chi connectivity index (χ3v) is 4.65. The minimum Gasteiger partial charge on any atom is -0.349 e. The molecule has 0 saturated heterocycles. The molecule has 3 unspecified atom stereocenters. The summed E-state index contributed by atoms with van der Waals surface area (Å²) in [7, 11) is 0. The van der Waals surface area contributed by atoms with E-state index in [2.05, 4.69) is 35.1 Å². The Morgan fingerprint density at radius 2 is 2.22 bits per heavy atom. The second kappa shape index (κ2) is 5.87. The molecule has 3 heteroatoms. The molecule has 18 heavy (non-hydrogen) atoms. The molecule has 0 heterocycles. The molecule has 0 aliphatic heterocycles. The molecule has 2 rings (SSSR count). The molecule has 1 N–H and O–H groups in total. The summed E-state index contributed by atoms with van der Waals surface area (Å²) in [5.74, 6) is 1.40. The smallest absolute Gasteiger partial charge is 0.251 e. The molecule has 1 fully saturated rings. The molecule has 0 bridgehead atoms. The summed E-state index contributed by atoms with van der Waals surface area (Å²) in [6, 6.07) is 7.89. The summed E-state index contributed by atoms with van der Waals surface area (Å²) < 4.78 is 0.945. The van der Waals surface area contributed by atoms with Gasteiger partial charge in [0.15, 0.2) is 0 Å². The van der Waals surface area contributed by atoms with Crippen LogP contribution in [0.25, 0.3) is 0 Å². The molecule has 2 nitrogen and oxygen atoms in total. The average Bonchev–Trinajstić information content (AvgIpc) is 2.70. The Morgan fingerprint density at radius 3 is 2.83 bits per heavy atom. The van der Waals surface area contributed by atoms with Gasteiger partial charge in [0.05, 0.1) is 0 Å². The Morgan fingerprint density at radius 1 is 1.44 bits per heavy atom. The standard InChI is InChI=1S/C15H20BrNO/c1-3-11-7-8-14(10(11)2)17-15(18)12-5-4-6-13(16)9-12/h4-6,9-11,14H,3,7-8H2,1-2H3,(H,17,18). The van der Waals surface area contributed by atoms with Crippen molar-refractivity contribution in [1.29, 1.82) is 0 Å². The molecular weight excluding hydrogens is 290 g/mol. The van der Waals surface area contributed by atoms with E-state index in [-0.39, 0.29) is 5.91 Å². The van der Waals surface area contributed by atoms with Gasteiger partial charge in [-0.25, -0.2) is 0 Å². The van der Waals surface area contributed by atoms with E-state index < -0.39 is 0 Å². The Bertz CT molecular complexity index is 432. The highest BCUT2D eigenvalue weighted by atomic mass is 79.9. The Labute approximate surface area is 117 Å². The quantitative estimate of drug-likeness (QED) is 0.898. The topological polar surface area (TPSA) is 29.1 Å². The van der Waals surface area contributed by atoms with Crippen LogP contribution < -0.4 is 5.32 Å². The van der Waals surface area contributed by atoms with Crippen molar-refractivity contribution < 1.29 is 4.79 Å². The highest BCUT2D eigenvalue weighted by Crippen LogP contribution is 2.34. The first-order valence-corrected chi connectivity index (χ1v) is 7.47. The monoisotopic (exact) mass is 309 g/mol. The lowest BCUT2D eigenvalue weighted by molar-refractivity contribution is 0.0926. The lowest BCUT2D eigenvalue weighted by atomic mass is 9.93. The lowest BCUT2D eigenvalue weighted by Gasteiger charge is -2.21. The van der Waals surface area contributed by atoms with Crippen molar-refractivity contribution in [3.05, 3.63) is 34.3 Å². The van der Waals surface area contributed by atoms with E-state index in [1.54, 1.807) is 0 Å². The van der Waals surface area contributed by atoms with E-state index >= 15 is 0 Å². The first-order chi connectivity index (χ1) is 8.61. The van der Waals surface area contributed by atoms with Crippen LogP contribution in [0.15, 0.2) is 28.7 Å². The fourth-order valence-corrected chi connectivity index (χ4v) is 3.31. The molecule has 0 radical (unpaired) electrons. The second-order valence-corrected chi connectivity index (χ2v) is 6.11. The number of rotatable bonds is 3. The van der Waals surface area contributed by atoms with Gasteiger partial charge in [0.1, 0.15) is 0 Å². The molecule has 3 atom stereocenters. The molecule has 0 spiro atoms. The highest BCUT2D eigenvalue weighted by molar-refractivity contribution is 9.10. The van der Waals surface area contributed by atoms with Crippen molar-refractivity contribution in [2.24, 2.45) is 11.8 Å². The van der Waals surface area contributed by atoms with Gasteiger partial charge in [0.25, 0.3) is 5.91 Å².